The molecule has 4 amide bonds. The number of carbonyl (C=O) groups excluding carboxylic acids is 4. The molecule has 0 saturated heterocycles. The van der Waals surface area contributed by atoms with Crippen LogP contribution in [-0.4, -0.2) is 60.7 Å². The smallest absolute Gasteiger partial charge is 0.414 e. The number of hydrogen-bond acceptors (Lipinski definition) is 7. The van der Waals surface area contributed by atoms with Crippen LogP contribution in [0.1, 0.15) is 53.2 Å². The van der Waals surface area contributed by atoms with Crippen molar-refractivity contribution in [3.63, 3.8) is 0 Å². The van der Waals surface area contributed by atoms with Gasteiger partial charge in [-0.3, -0.25) is 14.5 Å². The van der Waals surface area contributed by atoms with Crippen molar-refractivity contribution in [3.05, 3.63) is 84.2 Å². The topological polar surface area (TPSA) is 135 Å². The zero-order chi connectivity index (χ0) is 31.8. The third kappa shape index (κ3) is 12.9. The van der Waals surface area contributed by atoms with Gasteiger partial charge in [0.05, 0.1) is 6.10 Å². The molecule has 1 aliphatic rings. The zero-order valence-electron chi connectivity index (χ0n) is 25.7. The van der Waals surface area contributed by atoms with Crippen molar-refractivity contribution < 1.29 is 33.4 Å². The second-order valence-electron chi connectivity index (χ2n) is 10.7. The lowest BCUT2D eigenvalue weighted by molar-refractivity contribution is -0.126. The van der Waals surface area contributed by atoms with Crippen LogP contribution in [0.2, 0.25) is 0 Å². The Hall–Kier alpha value is -4.38. The summed E-state index contributed by atoms with van der Waals surface area (Å²) < 4.78 is 15.5. The van der Waals surface area contributed by atoms with Crippen LogP contribution >= 0.6 is 0 Å². The highest BCUT2D eigenvalue weighted by molar-refractivity contribution is 5.88. The molecule has 0 saturated carbocycles. The second kappa shape index (κ2) is 19.7. The Bertz CT molecular complexity index is 1190. The second-order valence-corrected chi connectivity index (χ2v) is 10.7. The van der Waals surface area contributed by atoms with Crippen LogP contribution in [0.5, 0.6) is 0 Å². The van der Waals surface area contributed by atoms with E-state index in [0.717, 1.165) is 11.1 Å². The molecule has 0 aliphatic carbocycles. The lowest BCUT2D eigenvalue weighted by Gasteiger charge is -2.32. The van der Waals surface area contributed by atoms with Gasteiger partial charge >= 0.3 is 12.2 Å². The van der Waals surface area contributed by atoms with Crippen molar-refractivity contribution >= 4 is 24.0 Å². The molecule has 2 aromatic carbocycles. The molecule has 0 radical (unpaired) electrons. The van der Waals surface area contributed by atoms with E-state index in [1.807, 2.05) is 95.3 Å². The molecular formula is C33H48N4O7. The lowest BCUT2D eigenvalue weighted by Crippen LogP contribution is -2.51. The summed E-state index contributed by atoms with van der Waals surface area (Å²) in [6.07, 6.45) is 1.78. The molecule has 3 N–H and O–H groups in total. The lowest BCUT2D eigenvalue weighted by atomic mass is 10.0. The van der Waals surface area contributed by atoms with E-state index in [9.17, 15) is 19.2 Å². The highest BCUT2D eigenvalue weighted by Gasteiger charge is 2.34. The fourth-order valence-corrected chi connectivity index (χ4v) is 3.96. The summed E-state index contributed by atoms with van der Waals surface area (Å²) in [5, 5.41) is 7.98. The van der Waals surface area contributed by atoms with E-state index in [4.69, 9.17) is 14.2 Å². The Kier molecular flexibility index (Phi) is 16.9. The van der Waals surface area contributed by atoms with Gasteiger partial charge in [0.2, 0.25) is 11.8 Å². The third-order valence-electron chi connectivity index (χ3n) is 6.48. The quantitative estimate of drug-likeness (QED) is 0.326. The number of methoxy groups -OCH3 is 1. The summed E-state index contributed by atoms with van der Waals surface area (Å²) in [7, 11) is 1.58. The highest BCUT2D eigenvalue weighted by atomic mass is 16.6. The van der Waals surface area contributed by atoms with E-state index < -0.39 is 24.3 Å². The van der Waals surface area contributed by atoms with Gasteiger partial charge in [-0.25, -0.2) is 9.59 Å². The number of benzene rings is 2. The average molecular weight is 613 g/mol. The van der Waals surface area contributed by atoms with Crippen LogP contribution in [0, 0.1) is 11.8 Å². The summed E-state index contributed by atoms with van der Waals surface area (Å²) in [5.41, 5.74) is 1.80. The predicted octanol–water partition coefficient (Wildman–Crippen LogP) is 4.98. The van der Waals surface area contributed by atoms with E-state index in [2.05, 4.69) is 16.0 Å². The molecule has 3 atom stereocenters. The molecule has 11 heteroatoms. The predicted molar refractivity (Wildman–Crippen MR) is 169 cm³/mol. The Morgan fingerprint density at radius 3 is 1.93 bits per heavy atom. The first kappa shape index (κ1) is 37.6. The molecule has 1 aliphatic heterocycles. The molecule has 0 bridgehead atoms. The van der Waals surface area contributed by atoms with Crippen LogP contribution in [-0.2, 0) is 37.0 Å². The van der Waals surface area contributed by atoms with Gasteiger partial charge < -0.3 is 30.2 Å². The Morgan fingerprint density at radius 2 is 1.43 bits per heavy atom. The number of carbonyl (C=O) groups is 4. The maximum Gasteiger partial charge on any atom is 0.414 e. The standard InChI is InChI=1S/C17H26N2O4.C15H18N2O3.CH4/c1-12(2)15(16(20)18-10-13(3)22-4)19-17(21)23-11-14-8-6-5-7-9-14;1-11(2)13-14(18)16-8-9-17(13)15(19)20-10-12-6-4-3-5-7-12;/h5-9,12-13,15H,10-11H2,1-4H3,(H,18,20)(H,19,21);3-9,11,13H,10H2,1-2H3,(H,16,18);1H4/t13?,15-;13-;/m11./s1. The zero-order valence-corrected chi connectivity index (χ0v) is 25.7. The molecule has 3 rings (SSSR count). The minimum atomic E-state index is -0.651. The van der Waals surface area contributed by atoms with Crippen LogP contribution in [0.15, 0.2) is 73.1 Å². The Morgan fingerprint density at radius 1 is 0.886 bits per heavy atom. The van der Waals surface area contributed by atoms with E-state index >= 15 is 0 Å². The molecule has 0 spiro atoms. The molecule has 2 aromatic rings. The number of alkyl carbamates (subject to hydrolysis) is 1. The number of amides is 4. The Labute approximate surface area is 261 Å². The molecule has 44 heavy (non-hydrogen) atoms. The van der Waals surface area contributed by atoms with Gasteiger partial charge in [0, 0.05) is 26.1 Å². The minimum absolute atomic E-state index is 0. The summed E-state index contributed by atoms with van der Waals surface area (Å²) in [6.45, 7) is 10.1. The molecule has 11 nitrogen and oxygen atoms in total. The van der Waals surface area contributed by atoms with E-state index in [1.165, 1.54) is 11.1 Å². The number of nitrogens with zero attached hydrogens (tertiary/aromatic N) is 1. The number of rotatable bonds is 11. The van der Waals surface area contributed by atoms with Crippen molar-refractivity contribution in [2.45, 2.75) is 73.4 Å². The summed E-state index contributed by atoms with van der Waals surface area (Å²) in [5.74, 6) is -0.499. The van der Waals surface area contributed by atoms with Gasteiger partial charge in [0.1, 0.15) is 25.3 Å². The van der Waals surface area contributed by atoms with Gasteiger partial charge in [0.15, 0.2) is 0 Å². The van der Waals surface area contributed by atoms with Crippen molar-refractivity contribution in [1.29, 1.82) is 0 Å². The fraction of sp³-hybridized carbons (Fsp3) is 0.455. The molecule has 0 fully saturated rings. The van der Waals surface area contributed by atoms with Crippen LogP contribution < -0.4 is 16.0 Å². The molecule has 242 valence electrons. The first-order valence-corrected chi connectivity index (χ1v) is 14.3. The first-order valence-electron chi connectivity index (χ1n) is 14.3. The highest BCUT2D eigenvalue weighted by Crippen LogP contribution is 2.17. The minimum Gasteiger partial charge on any atom is -0.445 e. The number of ether oxygens (including phenoxy) is 3. The Balaban J connectivity index is 0.000000433. The molecule has 0 aromatic heterocycles. The normalized spacial score (nSPS) is 15.1. The largest absolute Gasteiger partial charge is 0.445 e. The number of hydrogen-bond donors (Lipinski definition) is 3. The van der Waals surface area contributed by atoms with Crippen molar-refractivity contribution in [1.82, 2.24) is 20.9 Å². The summed E-state index contributed by atoms with van der Waals surface area (Å²) in [6, 6.07) is 17.6. The van der Waals surface area contributed by atoms with Gasteiger partial charge in [-0.05, 0) is 29.9 Å². The average Bonchev–Trinajstić information content (AvgIpc) is 3.00. The fourth-order valence-electron chi connectivity index (χ4n) is 3.96. The molecular weight excluding hydrogens is 564 g/mol. The molecule has 1 unspecified atom stereocenters. The molecule has 1 heterocycles. The van der Waals surface area contributed by atoms with Crippen LogP contribution in [0.3, 0.4) is 0 Å². The monoisotopic (exact) mass is 612 g/mol. The maximum absolute atomic E-state index is 12.2. The van der Waals surface area contributed by atoms with Crippen molar-refractivity contribution in [3.8, 4) is 0 Å². The van der Waals surface area contributed by atoms with Gasteiger partial charge in [-0.15, -0.1) is 0 Å². The first-order chi connectivity index (χ1) is 20.5. The van der Waals surface area contributed by atoms with Gasteiger partial charge in [-0.2, -0.15) is 0 Å². The van der Waals surface area contributed by atoms with Crippen molar-refractivity contribution in [2.75, 3.05) is 13.7 Å². The van der Waals surface area contributed by atoms with E-state index in [0.29, 0.717) is 6.54 Å². The van der Waals surface area contributed by atoms with E-state index in [-0.39, 0.29) is 50.4 Å². The van der Waals surface area contributed by atoms with Crippen molar-refractivity contribution in [2.24, 2.45) is 11.8 Å². The number of nitrogens with one attached hydrogen (secondary N) is 3. The summed E-state index contributed by atoms with van der Waals surface area (Å²) >= 11 is 0. The van der Waals surface area contributed by atoms with Gasteiger partial charge in [0.25, 0.3) is 0 Å². The maximum atomic E-state index is 12.2. The van der Waals surface area contributed by atoms with Crippen LogP contribution in [0.4, 0.5) is 9.59 Å². The SMILES string of the molecule is C.CC(C)[C@@H]1C(=O)NC=CN1C(=O)OCc1ccccc1.COC(C)CNC(=O)[C@H](NC(=O)OCc1ccccc1)C(C)C. The van der Waals surface area contributed by atoms with Gasteiger partial charge in [-0.1, -0.05) is 95.8 Å². The summed E-state index contributed by atoms with van der Waals surface area (Å²) in [4.78, 5) is 49.3. The van der Waals surface area contributed by atoms with E-state index in [1.54, 1.807) is 13.3 Å². The third-order valence-corrected chi connectivity index (χ3v) is 6.48. The van der Waals surface area contributed by atoms with Crippen LogP contribution in [0.25, 0.3) is 0 Å².